The van der Waals surface area contributed by atoms with Crippen molar-refractivity contribution in [3.8, 4) is 0 Å². The summed E-state index contributed by atoms with van der Waals surface area (Å²) in [5, 5.41) is 5.98. The van der Waals surface area contributed by atoms with E-state index in [4.69, 9.17) is 0 Å². The van der Waals surface area contributed by atoms with Crippen molar-refractivity contribution in [2.75, 3.05) is 37.4 Å². The molecule has 1 aromatic carbocycles. The van der Waals surface area contributed by atoms with Crippen LogP contribution in [0.5, 0.6) is 0 Å². The lowest BCUT2D eigenvalue weighted by molar-refractivity contribution is -0.119. The fourth-order valence-corrected chi connectivity index (χ4v) is 1.53. The van der Waals surface area contributed by atoms with Crippen LogP contribution in [0.15, 0.2) is 24.3 Å². The van der Waals surface area contributed by atoms with E-state index < -0.39 is 0 Å². The van der Waals surface area contributed by atoms with Gasteiger partial charge in [-0.25, -0.2) is 0 Å². The van der Waals surface area contributed by atoms with E-state index in [1.807, 2.05) is 43.3 Å². The molecule has 2 N–H and O–H groups in total. The molecule has 100 valence electrons. The SMILES string of the molecule is CCCCNC(=O)CNc1ccc(N(C)C)cc1. The molecule has 0 atom stereocenters. The zero-order valence-corrected chi connectivity index (χ0v) is 11.5. The van der Waals surface area contributed by atoms with Gasteiger partial charge in [0.05, 0.1) is 6.54 Å². The van der Waals surface area contributed by atoms with E-state index in [1.165, 1.54) is 0 Å². The lowest BCUT2D eigenvalue weighted by Crippen LogP contribution is -2.30. The van der Waals surface area contributed by atoms with Gasteiger partial charge in [-0.2, -0.15) is 0 Å². The van der Waals surface area contributed by atoms with Crippen LogP contribution in [0.2, 0.25) is 0 Å². The normalized spacial score (nSPS) is 9.94. The Bertz CT molecular complexity index is 360. The predicted molar refractivity (Wildman–Crippen MR) is 77.2 cm³/mol. The molecule has 0 aliphatic rings. The van der Waals surface area contributed by atoms with Crippen LogP contribution in [-0.2, 0) is 4.79 Å². The lowest BCUT2D eigenvalue weighted by Gasteiger charge is -2.13. The fourth-order valence-electron chi connectivity index (χ4n) is 1.53. The molecule has 0 heterocycles. The standard InChI is InChI=1S/C14H23N3O/c1-4-5-10-15-14(18)11-16-12-6-8-13(9-7-12)17(2)3/h6-9,16H,4-5,10-11H2,1-3H3,(H,15,18). The Labute approximate surface area is 109 Å². The highest BCUT2D eigenvalue weighted by molar-refractivity contribution is 5.80. The highest BCUT2D eigenvalue weighted by Gasteiger charge is 2.00. The Hall–Kier alpha value is -1.71. The monoisotopic (exact) mass is 249 g/mol. The molecule has 1 aromatic rings. The van der Waals surface area contributed by atoms with Crippen molar-refractivity contribution in [2.45, 2.75) is 19.8 Å². The summed E-state index contributed by atoms with van der Waals surface area (Å²) in [4.78, 5) is 13.5. The summed E-state index contributed by atoms with van der Waals surface area (Å²) >= 11 is 0. The van der Waals surface area contributed by atoms with Crippen LogP contribution in [0, 0.1) is 0 Å². The van der Waals surface area contributed by atoms with Crippen LogP contribution in [0.3, 0.4) is 0 Å². The number of carbonyl (C=O) groups excluding carboxylic acids is 1. The first kappa shape index (κ1) is 14.4. The summed E-state index contributed by atoms with van der Waals surface area (Å²) < 4.78 is 0. The Morgan fingerprint density at radius 2 is 1.89 bits per heavy atom. The number of benzene rings is 1. The molecule has 1 amide bonds. The second kappa shape index (κ2) is 7.58. The maximum Gasteiger partial charge on any atom is 0.239 e. The fraction of sp³-hybridized carbons (Fsp3) is 0.500. The van der Waals surface area contributed by atoms with Gasteiger partial charge in [0.2, 0.25) is 5.91 Å². The molecule has 0 fully saturated rings. The van der Waals surface area contributed by atoms with Crippen LogP contribution < -0.4 is 15.5 Å². The number of carbonyl (C=O) groups is 1. The van der Waals surface area contributed by atoms with Gasteiger partial charge in [0.1, 0.15) is 0 Å². The number of anilines is 2. The van der Waals surface area contributed by atoms with Crippen LogP contribution in [0.1, 0.15) is 19.8 Å². The Morgan fingerprint density at radius 3 is 2.44 bits per heavy atom. The third-order valence-corrected chi connectivity index (χ3v) is 2.69. The molecule has 0 unspecified atom stereocenters. The quantitative estimate of drug-likeness (QED) is 0.727. The summed E-state index contributed by atoms with van der Waals surface area (Å²) in [5.74, 6) is 0.0418. The second-order valence-electron chi connectivity index (χ2n) is 4.50. The first-order chi connectivity index (χ1) is 8.63. The molecular formula is C14H23N3O. The van der Waals surface area contributed by atoms with E-state index >= 15 is 0 Å². The van der Waals surface area contributed by atoms with Crippen LogP contribution in [-0.4, -0.2) is 33.1 Å². The van der Waals surface area contributed by atoms with Crippen LogP contribution in [0.4, 0.5) is 11.4 Å². The zero-order valence-electron chi connectivity index (χ0n) is 11.5. The van der Waals surface area contributed by atoms with Gasteiger partial charge in [-0.15, -0.1) is 0 Å². The molecule has 1 rings (SSSR count). The average Bonchev–Trinajstić information content (AvgIpc) is 2.37. The van der Waals surface area contributed by atoms with Crippen molar-refractivity contribution in [2.24, 2.45) is 0 Å². The second-order valence-corrected chi connectivity index (χ2v) is 4.50. The molecule has 0 saturated heterocycles. The van der Waals surface area contributed by atoms with E-state index in [0.717, 1.165) is 30.8 Å². The summed E-state index contributed by atoms with van der Waals surface area (Å²) in [7, 11) is 4.01. The number of unbranched alkanes of at least 4 members (excludes halogenated alkanes) is 1. The van der Waals surface area contributed by atoms with E-state index in [1.54, 1.807) is 0 Å². The molecule has 0 spiro atoms. The van der Waals surface area contributed by atoms with Gasteiger partial charge in [-0.05, 0) is 30.7 Å². The lowest BCUT2D eigenvalue weighted by atomic mass is 10.2. The molecular weight excluding hydrogens is 226 g/mol. The predicted octanol–water partition coefficient (Wildman–Crippen LogP) is 2.08. The highest BCUT2D eigenvalue weighted by atomic mass is 16.1. The van der Waals surface area contributed by atoms with Gasteiger partial charge in [-0.1, -0.05) is 13.3 Å². The van der Waals surface area contributed by atoms with E-state index in [2.05, 4.69) is 17.6 Å². The number of amides is 1. The number of rotatable bonds is 7. The maximum absolute atomic E-state index is 11.5. The maximum atomic E-state index is 11.5. The third kappa shape index (κ3) is 5.08. The van der Waals surface area contributed by atoms with E-state index in [0.29, 0.717) is 6.54 Å². The minimum atomic E-state index is 0.0418. The van der Waals surface area contributed by atoms with Crippen molar-refractivity contribution in [3.05, 3.63) is 24.3 Å². The molecule has 0 bridgehead atoms. The first-order valence-electron chi connectivity index (χ1n) is 6.41. The van der Waals surface area contributed by atoms with E-state index in [9.17, 15) is 4.79 Å². The van der Waals surface area contributed by atoms with Crippen molar-refractivity contribution in [1.82, 2.24) is 5.32 Å². The molecule has 4 heteroatoms. The molecule has 0 saturated carbocycles. The summed E-state index contributed by atoms with van der Waals surface area (Å²) in [6.07, 6.45) is 2.13. The minimum absolute atomic E-state index is 0.0418. The van der Waals surface area contributed by atoms with Crippen LogP contribution >= 0.6 is 0 Å². The van der Waals surface area contributed by atoms with Gasteiger partial charge >= 0.3 is 0 Å². The number of nitrogens with one attached hydrogen (secondary N) is 2. The molecule has 0 aliphatic carbocycles. The first-order valence-corrected chi connectivity index (χ1v) is 6.41. The molecule has 0 radical (unpaired) electrons. The Morgan fingerprint density at radius 1 is 1.22 bits per heavy atom. The minimum Gasteiger partial charge on any atom is -0.378 e. The Kier molecular flexibility index (Phi) is 6.05. The van der Waals surface area contributed by atoms with Gasteiger partial charge in [0, 0.05) is 32.0 Å². The van der Waals surface area contributed by atoms with Crippen molar-refractivity contribution in [1.29, 1.82) is 0 Å². The number of hydrogen-bond donors (Lipinski definition) is 2. The molecule has 0 aromatic heterocycles. The summed E-state index contributed by atoms with van der Waals surface area (Å²) in [5.41, 5.74) is 2.11. The third-order valence-electron chi connectivity index (χ3n) is 2.69. The highest BCUT2D eigenvalue weighted by Crippen LogP contribution is 2.15. The van der Waals surface area contributed by atoms with Crippen molar-refractivity contribution < 1.29 is 4.79 Å². The van der Waals surface area contributed by atoms with E-state index in [-0.39, 0.29) is 5.91 Å². The van der Waals surface area contributed by atoms with Gasteiger partial charge < -0.3 is 15.5 Å². The molecule has 0 aliphatic heterocycles. The largest absolute Gasteiger partial charge is 0.378 e. The number of nitrogens with zero attached hydrogens (tertiary/aromatic N) is 1. The zero-order chi connectivity index (χ0) is 13.4. The van der Waals surface area contributed by atoms with Crippen molar-refractivity contribution in [3.63, 3.8) is 0 Å². The average molecular weight is 249 g/mol. The van der Waals surface area contributed by atoms with Crippen LogP contribution in [0.25, 0.3) is 0 Å². The molecule has 18 heavy (non-hydrogen) atoms. The van der Waals surface area contributed by atoms with Gasteiger partial charge in [-0.3, -0.25) is 4.79 Å². The molecule has 4 nitrogen and oxygen atoms in total. The Balaban J connectivity index is 2.32. The van der Waals surface area contributed by atoms with Crippen molar-refractivity contribution >= 4 is 17.3 Å². The topological polar surface area (TPSA) is 44.4 Å². The summed E-state index contributed by atoms with van der Waals surface area (Å²) in [6, 6.07) is 8.01. The summed E-state index contributed by atoms with van der Waals surface area (Å²) in [6.45, 7) is 3.19. The number of hydrogen-bond acceptors (Lipinski definition) is 3. The smallest absolute Gasteiger partial charge is 0.239 e. The van der Waals surface area contributed by atoms with Gasteiger partial charge in [0.25, 0.3) is 0 Å². The van der Waals surface area contributed by atoms with Gasteiger partial charge in [0.15, 0.2) is 0 Å².